The first-order chi connectivity index (χ1) is 12.6. The number of methoxy groups -OCH3 is 1. The van der Waals surface area contributed by atoms with E-state index in [1.54, 1.807) is 19.2 Å². The van der Waals surface area contributed by atoms with Gasteiger partial charge in [-0.15, -0.1) is 0 Å². The second-order valence-corrected chi connectivity index (χ2v) is 7.00. The third kappa shape index (κ3) is 3.25. The van der Waals surface area contributed by atoms with E-state index in [9.17, 15) is 4.39 Å². The summed E-state index contributed by atoms with van der Waals surface area (Å²) in [4.78, 5) is 12.8. The largest absolute Gasteiger partial charge is 0.497 e. The molecule has 0 radical (unpaired) electrons. The Labute approximate surface area is 158 Å². The van der Waals surface area contributed by atoms with Gasteiger partial charge in [-0.05, 0) is 54.1 Å². The first kappa shape index (κ1) is 16.9. The first-order valence-electron chi connectivity index (χ1n) is 7.75. The lowest BCUT2D eigenvalue weighted by Crippen LogP contribution is -1.85. The molecule has 2 heterocycles. The van der Waals surface area contributed by atoms with Crippen LogP contribution in [0.4, 0.5) is 4.39 Å². The van der Waals surface area contributed by atoms with Crippen molar-refractivity contribution >= 4 is 34.4 Å². The summed E-state index contributed by atoms with van der Waals surface area (Å²) in [7, 11) is 1.64. The number of benzene rings is 2. The van der Waals surface area contributed by atoms with Crippen LogP contribution in [0.3, 0.4) is 0 Å². The number of rotatable bonds is 4. The highest BCUT2D eigenvalue weighted by molar-refractivity contribution is 7.99. The average molecular weight is 386 g/mol. The topological polar surface area (TPSA) is 50.8 Å². The Balaban J connectivity index is 1.71. The van der Waals surface area contributed by atoms with Crippen LogP contribution in [0.25, 0.3) is 22.3 Å². The van der Waals surface area contributed by atoms with Crippen molar-refractivity contribution in [2.45, 2.75) is 9.92 Å². The SMILES string of the molecule is COc1ccc(-c2cc3c(Sc4ccc(F)c(Cl)c4)ncnc3[nH]2)cc1. The number of H-pyrrole nitrogens is 1. The molecule has 0 bridgehead atoms. The van der Waals surface area contributed by atoms with Gasteiger partial charge in [-0.25, -0.2) is 14.4 Å². The van der Waals surface area contributed by atoms with E-state index in [2.05, 4.69) is 15.0 Å². The van der Waals surface area contributed by atoms with Crippen molar-refractivity contribution in [1.29, 1.82) is 0 Å². The van der Waals surface area contributed by atoms with E-state index in [4.69, 9.17) is 16.3 Å². The monoisotopic (exact) mass is 385 g/mol. The smallest absolute Gasteiger partial charge is 0.142 e. The number of hydrogen-bond donors (Lipinski definition) is 1. The van der Waals surface area contributed by atoms with E-state index in [1.165, 1.54) is 24.2 Å². The fourth-order valence-corrected chi connectivity index (χ4v) is 3.72. The minimum atomic E-state index is -0.438. The van der Waals surface area contributed by atoms with Crippen LogP contribution in [0.5, 0.6) is 5.75 Å². The lowest BCUT2D eigenvalue weighted by atomic mass is 10.1. The van der Waals surface area contributed by atoms with Crippen molar-refractivity contribution in [2.75, 3.05) is 7.11 Å². The van der Waals surface area contributed by atoms with Crippen LogP contribution in [0, 0.1) is 5.82 Å². The Hall–Kier alpha value is -2.57. The van der Waals surface area contributed by atoms with Crippen LogP contribution in [-0.4, -0.2) is 22.1 Å². The van der Waals surface area contributed by atoms with Crippen molar-refractivity contribution in [3.05, 3.63) is 65.7 Å². The lowest BCUT2D eigenvalue weighted by Gasteiger charge is -2.03. The summed E-state index contributed by atoms with van der Waals surface area (Å²) in [5.74, 6) is 0.362. The van der Waals surface area contributed by atoms with Gasteiger partial charge in [0.2, 0.25) is 0 Å². The number of ether oxygens (including phenoxy) is 1. The molecular weight excluding hydrogens is 373 g/mol. The second kappa shape index (κ2) is 6.97. The zero-order chi connectivity index (χ0) is 18.1. The van der Waals surface area contributed by atoms with Gasteiger partial charge in [-0.3, -0.25) is 0 Å². The van der Waals surface area contributed by atoms with E-state index in [0.717, 1.165) is 38.0 Å². The summed E-state index contributed by atoms with van der Waals surface area (Å²) >= 11 is 7.28. The van der Waals surface area contributed by atoms with Gasteiger partial charge in [0.1, 0.15) is 28.6 Å². The third-order valence-electron chi connectivity index (χ3n) is 3.90. The normalized spacial score (nSPS) is 11.0. The molecule has 0 aliphatic rings. The number of nitrogens with one attached hydrogen (secondary N) is 1. The summed E-state index contributed by atoms with van der Waals surface area (Å²) in [6.07, 6.45) is 1.50. The highest BCUT2D eigenvalue weighted by atomic mass is 35.5. The number of aromatic amines is 1. The predicted molar refractivity (Wildman–Crippen MR) is 101 cm³/mol. The molecule has 0 aliphatic carbocycles. The number of aromatic nitrogens is 3. The van der Waals surface area contributed by atoms with Crippen molar-refractivity contribution in [3.8, 4) is 17.0 Å². The van der Waals surface area contributed by atoms with Crippen molar-refractivity contribution in [1.82, 2.24) is 15.0 Å². The highest BCUT2D eigenvalue weighted by Crippen LogP contribution is 2.35. The van der Waals surface area contributed by atoms with E-state index in [-0.39, 0.29) is 5.02 Å². The molecule has 0 fully saturated rings. The maximum absolute atomic E-state index is 13.4. The molecule has 4 aromatic rings. The molecule has 0 saturated heterocycles. The number of hydrogen-bond acceptors (Lipinski definition) is 4. The minimum absolute atomic E-state index is 0.0910. The fourth-order valence-electron chi connectivity index (χ4n) is 2.58. The maximum atomic E-state index is 13.4. The molecule has 4 nitrogen and oxygen atoms in total. The predicted octanol–water partition coefficient (Wildman–Crippen LogP) is 5.58. The molecule has 2 aromatic heterocycles. The molecule has 0 atom stereocenters. The highest BCUT2D eigenvalue weighted by Gasteiger charge is 2.12. The summed E-state index contributed by atoms with van der Waals surface area (Å²) < 4.78 is 18.5. The number of nitrogens with zero attached hydrogens (tertiary/aromatic N) is 2. The van der Waals surface area contributed by atoms with E-state index < -0.39 is 5.82 Å². The van der Waals surface area contributed by atoms with Crippen LogP contribution in [-0.2, 0) is 0 Å². The van der Waals surface area contributed by atoms with Crippen molar-refractivity contribution in [3.63, 3.8) is 0 Å². The molecule has 0 saturated carbocycles. The van der Waals surface area contributed by atoms with Crippen molar-refractivity contribution < 1.29 is 9.13 Å². The van der Waals surface area contributed by atoms with Gasteiger partial charge in [0.25, 0.3) is 0 Å². The maximum Gasteiger partial charge on any atom is 0.142 e. The summed E-state index contributed by atoms with van der Waals surface area (Å²) in [6, 6.07) is 14.4. The van der Waals surface area contributed by atoms with Crippen LogP contribution in [0.15, 0.2) is 64.8 Å². The van der Waals surface area contributed by atoms with Gasteiger partial charge >= 0.3 is 0 Å². The molecule has 0 aliphatic heterocycles. The quantitative estimate of drug-likeness (QED) is 0.466. The van der Waals surface area contributed by atoms with E-state index in [1.807, 2.05) is 30.3 Å². The van der Waals surface area contributed by atoms with Gasteiger partial charge in [-0.2, -0.15) is 0 Å². The number of halogens is 2. The Bertz CT molecular complexity index is 1080. The second-order valence-electron chi connectivity index (χ2n) is 5.53. The molecule has 0 unspecified atom stereocenters. The Morgan fingerprint density at radius 3 is 2.62 bits per heavy atom. The molecule has 130 valence electrons. The summed E-state index contributed by atoms with van der Waals surface area (Å²) in [5, 5.41) is 1.76. The van der Waals surface area contributed by atoms with Crippen LogP contribution >= 0.6 is 23.4 Å². The summed E-state index contributed by atoms with van der Waals surface area (Å²) in [6.45, 7) is 0. The molecule has 2 aromatic carbocycles. The van der Waals surface area contributed by atoms with Crippen LogP contribution < -0.4 is 4.74 Å². The van der Waals surface area contributed by atoms with Crippen molar-refractivity contribution in [2.24, 2.45) is 0 Å². The Morgan fingerprint density at radius 1 is 1.08 bits per heavy atom. The molecule has 0 spiro atoms. The molecule has 1 N–H and O–H groups in total. The zero-order valence-electron chi connectivity index (χ0n) is 13.7. The van der Waals surface area contributed by atoms with Gasteiger partial charge in [-0.1, -0.05) is 23.4 Å². The van der Waals surface area contributed by atoms with Crippen LogP contribution in [0.2, 0.25) is 5.02 Å². The van der Waals surface area contributed by atoms with E-state index in [0.29, 0.717) is 0 Å². The standard InChI is InChI=1S/C19H13ClFN3OS/c1-25-12-4-2-11(3-5-12)17-9-14-18(24-17)22-10-23-19(14)26-13-6-7-16(21)15(20)8-13/h2-10H,1H3,(H,22,23,24). The average Bonchev–Trinajstić information content (AvgIpc) is 3.10. The van der Waals surface area contributed by atoms with Gasteiger partial charge in [0.05, 0.1) is 17.5 Å². The van der Waals surface area contributed by atoms with E-state index >= 15 is 0 Å². The third-order valence-corrected chi connectivity index (χ3v) is 5.19. The molecular formula is C19H13ClFN3OS. The zero-order valence-corrected chi connectivity index (χ0v) is 15.2. The molecule has 7 heteroatoms. The molecule has 26 heavy (non-hydrogen) atoms. The fraction of sp³-hybridized carbons (Fsp3) is 0.0526. The van der Waals surface area contributed by atoms with Gasteiger partial charge < -0.3 is 9.72 Å². The van der Waals surface area contributed by atoms with Gasteiger partial charge in [0.15, 0.2) is 0 Å². The number of fused-ring (bicyclic) bond motifs is 1. The molecule has 0 amide bonds. The Morgan fingerprint density at radius 2 is 1.88 bits per heavy atom. The first-order valence-corrected chi connectivity index (χ1v) is 8.94. The summed E-state index contributed by atoms with van der Waals surface area (Å²) in [5.41, 5.74) is 2.69. The van der Waals surface area contributed by atoms with Crippen LogP contribution in [0.1, 0.15) is 0 Å². The molecule has 4 rings (SSSR count). The lowest BCUT2D eigenvalue weighted by molar-refractivity contribution is 0.415. The minimum Gasteiger partial charge on any atom is -0.497 e. The Kier molecular flexibility index (Phi) is 4.53. The van der Waals surface area contributed by atoms with Gasteiger partial charge in [0, 0.05) is 10.6 Å².